The molecular formula is C12H15BrFN. The molecular weight excluding hydrogens is 257 g/mol. The summed E-state index contributed by atoms with van der Waals surface area (Å²) in [6, 6.07) is 4.97. The van der Waals surface area contributed by atoms with Gasteiger partial charge < -0.3 is 5.73 Å². The molecule has 0 unspecified atom stereocenters. The summed E-state index contributed by atoms with van der Waals surface area (Å²) in [5.74, 6) is -0.213. The van der Waals surface area contributed by atoms with E-state index in [0.717, 1.165) is 35.7 Å². The average Bonchev–Trinajstić information content (AvgIpc) is 2.17. The first-order valence-electron chi connectivity index (χ1n) is 5.36. The van der Waals surface area contributed by atoms with Crippen molar-refractivity contribution in [1.82, 2.24) is 0 Å². The van der Waals surface area contributed by atoms with E-state index in [4.69, 9.17) is 5.73 Å². The van der Waals surface area contributed by atoms with Gasteiger partial charge in [0.05, 0.1) is 0 Å². The molecule has 0 heterocycles. The second-order valence-corrected chi connectivity index (χ2v) is 5.29. The molecule has 15 heavy (non-hydrogen) atoms. The van der Waals surface area contributed by atoms with Crippen LogP contribution in [0.2, 0.25) is 0 Å². The zero-order chi connectivity index (χ0) is 10.9. The molecule has 0 aliphatic heterocycles. The summed E-state index contributed by atoms with van der Waals surface area (Å²) in [5.41, 5.74) is 6.94. The first kappa shape index (κ1) is 11.1. The highest BCUT2D eigenvalue weighted by molar-refractivity contribution is 9.10. The van der Waals surface area contributed by atoms with Crippen molar-refractivity contribution < 1.29 is 4.39 Å². The summed E-state index contributed by atoms with van der Waals surface area (Å²) in [7, 11) is 0. The molecule has 1 nitrogen and oxygen atoms in total. The summed E-state index contributed by atoms with van der Waals surface area (Å²) < 4.78 is 14.0. The van der Waals surface area contributed by atoms with Crippen LogP contribution >= 0.6 is 15.9 Å². The fourth-order valence-electron chi connectivity index (χ4n) is 2.31. The van der Waals surface area contributed by atoms with Gasteiger partial charge in [-0.15, -0.1) is 0 Å². The third-order valence-electron chi connectivity index (χ3n) is 3.18. The lowest BCUT2D eigenvalue weighted by Crippen LogP contribution is -2.38. The summed E-state index contributed by atoms with van der Waals surface area (Å²) in [5, 5.41) is 0. The van der Waals surface area contributed by atoms with Crippen molar-refractivity contribution in [2.75, 3.05) is 0 Å². The fraction of sp³-hybridized carbons (Fsp3) is 0.500. The third-order valence-corrected chi connectivity index (χ3v) is 3.64. The van der Waals surface area contributed by atoms with Crippen LogP contribution in [0.25, 0.3) is 0 Å². The molecule has 1 aromatic rings. The highest BCUT2D eigenvalue weighted by Gasteiger charge is 2.29. The van der Waals surface area contributed by atoms with E-state index in [1.54, 1.807) is 6.07 Å². The van der Waals surface area contributed by atoms with Crippen molar-refractivity contribution in [3.05, 3.63) is 34.1 Å². The lowest BCUT2D eigenvalue weighted by Gasteiger charge is -2.34. The van der Waals surface area contributed by atoms with Gasteiger partial charge in [0.15, 0.2) is 0 Å². The molecule has 1 aliphatic rings. The second kappa shape index (κ2) is 4.22. The zero-order valence-corrected chi connectivity index (χ0v) is 10.2. The predicted octanol–water partition coefficient (Wildman–Crippen LogP) is 3.71. The van der Waals surface area contributed by atoms with Gasteiger partial charge in [-0.3, -0.25) is 0 Å². The molecule has 1 fully saturated rings. The van der Waals surface area contributed by atoms with Crippen molar-refractivity contribution in [2.45, 2.75) is 37.6 Å². The Bertz CT molecular complexity index is 338. The average molecular weight is 272 g/mol. The lowest BCUT2D eigenvalue weighted by atomic mass is 9.77. The van der Waals surface area contributed by atoms with Gasteiger partial charge in [0.2, 0.25) is 0 Å². The Morgan fingerprint density at radius 2 is 1.80 bits per heavy atom. The maximum absolute atomic E-state index is 13.3. The molecule has 0 amide bonds. The normalized spacial score (nSPS) is 20.2. The first-order chi connectivity index (χ1) is 7.10. The quantitative estimate of drug-likeness (QED) is 0.828. The molecule has 2 N–H and O–H groups in total. The Balaban J connectivity index is 2.34. The van der Waals surface area contributed by atoms with E-state index in [2.05, 4.69) is 15.9 Å². The van der Waals surface area contributed by atoms with E-state index in [1.165, 1.54) is 12.5 Å². The molecule has 82 valence electrons. The minimum Gasteiger partial charge on any atom is -0.321 e. The van der Waals surface area contributed by atoms with Crippen LogP contribution in [0, 0.1) is 5.82 Å². The van der Waals surface area contributed by atoms with Gasteiger partial charge in [-0.05, 0) is 36.6 Å². The molecule has 0 radical (unpaired) electrons. The zero-order valence-electron chi connectivity index (χ0n) is 8.60. The molecule has 0 spiro atoms. The number of hydrogen-bond acceptors (Lipinski definition) is 1. The standard InChI is InChI=1S/C12H15BrFN/c13-10-6-9(7-11(14)8-10)12(15)4-2-1-3-5-12/h6-8H,1-5,15H2. The minimum absolute atomic E-state index is 0.213. The fourth-order valence-corrected chi connectivity index (χ4v) is 2.78. The van der Waals surface area contributed by atoms with Crippen molar-refractivity contribution >= 4 is 15.9 Å². The van der Waals surface area contributed by atoms with E-state index < -0.39 is 0 Å². The van der Waals surface area contributed by atoms with Gasteiger partial charge in [-0.1, -0.05) is 35.2 Å². The summed E-state index contributed by atoms with van der Waals surface area (Å²) in [6.07, 6.45) is 5.45. The number of hydrogen-bond donors (Lipinski definition) is 1. The van der Waals surface area contributed by atoms with Crippen LogP contribution in [0.4, 0.5) is 4.39 Å². The largest absolute Gasteiger partial charge is 0.321 e. The molecule has 2 rings (SSSR count). The maximum Gasteiger partial charge on any atom is 0.124 e. The summed E-state index contributed by atoms with van der Waals surface area (Å²) in [6.45, 7) is 0. The van der Waals surface area contributed by atoms with Crippen LogP contribution in [0.5, 0.6) is 0 Å². The highest BCUT2D eigenvalue weighted by Crippen LogP contribution is 2.35. The predicted molar refractivity (Wildman–Crippen MR) is 63.1 cm³/mol. The Hall–Kier alpha value is -0.410. The van der Waals surface area contributed by atoms with Crippen LogP contribution in [0.1, 0.15) is 37.7 Å². The molecule has 0 atom stereocenters. The molecule has 1 aromatic carbocycles. The molecule has 1 saturated carbocycles. The minimum atomic E-state index is -0.317. The summed E-state index contributed by atoms with van der Waals surface area (Å²) >= 11 is 3.31. The van der Waals surface area contributed by atoms with Crippen molar-refractivity contribution in [1.29, 1.82) is 0 Å². The monoisotopic (exact) mass is 271 g/mol. The molecule has 3 heteroatoms. The molecule has 1 aliphatic carbocycles. The van der Waals surface area contributed by atoms with E-state index in [1.807, 2.05) is 6.07 Å². The Labute approximate surface area is 98.0 Å². The van der Waals surface area contributed by atoms with Crippen LogP contribution < -0.4 is 5.73 Å². The van der Waals surface area contributed by atoms with Crippen LogP contribution in [-0.4, -0.2) is 0 Å². The smallest absolute Gasteiger partial charge is 0.124 e. The number of halogens is 2. The van der Waals surface area contributed by atoms with Gasteiger partial charge >= 0.3 is 0 Å². The van der Waals surface area contributed by atoms with Gasteiger partial charge in [0.25, 0.3) is 0 Å². The van der Waals surface area contributed by atoms with Gasteiger partial charge in [-0.2, -0.15) is 0 Å². The third kappa shape index (κ3) is 2.40. The van der Waals surface area contributed by atoms with Gasteiger partial charge in [0.1, 0.15) is 5.82 Å². The first-order valence-corrected chi connectivity index (χ1v) is 6.15. The summed E-state index contributed by atoms with van der Waals surface area (Å²) in [4.78, 5) is 0. The number of nitrogens with two attached hydrogens (primary N) is 1. The van der Waals surface area contributed by atoms with Gasteiger partial charge in [-0.25, -0.2) is 4.39 Å². The maximum atomic E-state index is 13.3. The number of benzene rings is 1. The topological polar surface area (TPSA) is 26.0 Å². The van der Waals surface area contributed by atoms with Crippen molar-refractivity contribution in [3.8, 4) is 0 Å². The Morgan fingerprint density at radius 3 is 2.40 bits per heavy atom. The molecule has 0 bridgehead atoms. The van der Waals surface area contributed by atoms with E-state index >= 15 is 0 Å². The number of rotatable bonds is 1. The SMILES string of the molecule is NC1(c2cc(F)cc(Br)c2)CCCCC1. The van der Waals surface area contributed by atoms with E-state index in [9.17, 15) is 4.39 Å². The highest BCUT2D eigenvalue weighted by atomic mass is 79.9. The second-order valence-electron chi connectivity index (χ2n) is 4.37. The Kier molecular flexibility index (Phi) is 3.12. The van der Waals surface area contributed by atoms with Crippen LogP contribution in [0.15, 0.2) is 22.7 Å². The molecule has 0 aromatic heterocycles. The van der Waals surface area contributed by atoms with Crippen molar-refractivity contribution in [2.24, 2.45) is 5.73 Å². The van der Waals surface area contributed by atoms with Crippen LogP contribution in [0.3, 0.4) is 0 Å². The molecule has 0 saturated heterocycles. The van der Waals surface area contributed by atoms with E-state index in [0.29, 0.717) is 0 Å². The van der Waals surface area contributed by atoms with Gasteiger partial charge in [0, 0.05) is 10.0 Å². The van der Waals surface area contributed by atoms with Crippen molar-refractivity contribution in [3.63, 3.8) is 0 Å². The Morgan fingerprint density at radius 1 is 1.13 bits per heavy atom. The van der Waals surface area contributed by atoms with E-state index in [-0.39, 0.29) is 11.4 Å². The lowest BCUT2D eigenvalue weighted by molar-refractivity contribution is 0.301. The van der Waals surface area contributed by atoms with Crippen LogP contribution in [-0.2, 0) is 5.54 Å².